The molecule has 0 fully saturated rings. The van der Waals surface area contributed by atoms with Gasteiger partial charge in [-0.3, -0.25) is 0 Å². The average molecular weight is 406 g/mol. The molecule has 0 saturated heterocycles. The van der Waals surface area contributed by atoms with Crippen LogP contribution >= 0.6 is 0 Å². The highest BCUT2D eigenvalue weighted by Crippen LogP contribution is 2.17. The zero-order valence-electron chi connectivity index (χ0n) is 19.6. The van der Waals surface area contributed by atoms with E-state index in [9.17, 15) is 0 Å². The maximum absolute atomic E-state index is 3.54. The van der Waals surface area contributed by atoms with Gasteiger partial charge in [-0.2, -0.15) is 0 Å². The fraction of sp³-hybridized carbons (Fsp3) is 0.600. The Morgan fingerprint density at radius 2 is 1.10 bits per heavy atom. The van der Waals surface area contributed by atoms with Crippen molar-refractivity contribution in [1.82, 2.24) is 0 Å². The number of benzene rings is 2. The molecule has 2 aromatic carbocycles. The van der Waals surface area contributed by atoms with E-state index in [4.69, 9.17) is 0 Å². The van der Waals surface area contributed by atoms with Crippen molar-refractivity contribution in [3.8, 4) is 0 Å². The number of rotatable bonds is 18. The molecular formula is C30H45. The van der Waals surface area contributed by atoms with E-state index in [1.54, 1.807) is 5.56 Å². The van der Waals surface area contributed by atoms with E-state index in [2.05, 4.69) is 61.5 Å². The van der Waals surface area contributed by atoms with Crippen LogP contribution in [-0.4, -0.2) is 0 Å². The lowest BCUT2D eigenvalue weighted by Crippen LogP contribution is -1.96. The number of hydrogen-bond donors (Lipinski definition) is 0. The van der Waals surface area contributed by atoms with Crippen LogP contribution in [0.4, 0.5) is 0 Å². The van der Waals surface area contributed by atoms with Crippen LogP contribution < -0.4 is 0 Å². The Morgan fingerprint density at radius 1 is 0.533 bits per heavy atom. The van der Waals surface area contributed by atoms with Crippen LogP contribution in [0.15, 0.2) is 48.5 Å². The topological polar surface area (TPSA) is 0 Å². The Labute approximate surface area is 187 Å². The van der Waals surface area contributed by atoms with E-state index in [1.165, 1.54) is 120 Å². The predicted molar refractivity (Wildman–Crippen MR) is 133 cm³/mol. The molecule has 0 aliphatic heterocycles. The van der Waals surface area contributed by atoms with Gasteiger partial charge in [-0.05, 0) is 61.3 Å². The van der Waals surface area contributed by atoms with Gasteiger partial charge in [0.2, 0.25) is 0 Å². The molecule has 0 heterocycles. The van der Waals surface area contributed by atoms with E-state index >= 15 is 0 Å². The summed E-state index contributed by atoms with van der Waals surface area (Å²) in [6.45, 7) is 2.29. The van der Waals surface area contributed by atoms with Crippen molar-refractivity contribution in [3.05, 3.63) is 71.3 Å². The first kappa shape index (κ1) is 24.7. The van der Waals surface area contributed by atoms with Gasteiger partial charge in [0.05, 0.1) is 0 Å². The van der Waals surface area contributed by atoms with Gasteiger partial charge in [-0.25, -0.2) is 0 Å². The quantitative estimate of drug-likeness (QED) is 0.217. The van der Waals surface area contributed by atoms with Gasteiger partial charge in [0.1, 0.15) is 0 Å². The molecule has 0 spiro atoms. The average Bonchev–Trinajstić information content (AvgIpc) is 2.79. The van der Waals surface area contributed by atoms with E-state index in [1.807, 2.05) is 0 Å². The lowest BCUT2D eigenvalue weighted by atomic mass is 9.96. The molecule has 0 saturated carbocycles. The van der Waals surface area contributed by atoms with E-state index < -0.39 is 0 Å². The highest BCUT2D eigenvalue weighted by molar-refractivity contribution is 5.26. The maximum atomic E-state index is 3.54. The Balaban J connectivity index is 1.48. The summed E-state index contributed by atoms with van der Waals surface area (Å²) in [4.78, 5) is 0. The highest BCUT2D eigenvalue weighted by atomic mass is 14.1. The molecule has 1 radical (unpaired) electrons. The summed E-state index contributed by atoms with van der Waals surface area (Å²) in [6, 6.07) is 21.1. The molecule has 0 bridgehead atoms. The molecule has 0 aliphatic carbocycles. The molecule has 0 amide bonds. The third-order valence-electron chi connectivity index (χ3n) is 6.32. The number of aryl methyl sites for hydroxylation is 3. The van der Waals surface area contributed by atoms with Crippen LogP contribution in [0.2, 0.25) is 0 Å². The van der Waals surface area contributed by atoms with Crippen molar-refractivity contribution in [1.29, 1.82) is 0 Å². The molecular weight excluding hydrogens is 360 g/mol. The van der Waals surface area contributed by atoms with Crippen LogP contribution in [-0.2, 0) is 19.3 Å². The lowest BCUT2D eigenvalue weighted by molar-refractivity contribution is 0.576. The molecule has 0 heteroatoms. The first-order chi connectivity index (χ1) is 14.9. The van der Waals surface area contributed by atoms with Gasteiger partial charge in [-0.1, -0.05) is 126 Å². The molecule has 0 aliphatic rings. The Morgan fingerprint density at radius 3 is 1.77 bits per heavy atom. The van der Waals surface area contributed by atoms with E-state index in [-0.39, 0.29) is 0 Å². The SMILES string of the molecule is CCCCCCCCCc1ccc[c]c1CCCCCCCCCc1ccccc1. The second-order valence-corrected chi connectivity index (χ2v) is 9.01. The van der Waals surface area contributed by atoms with E-state index in [0.29, 0.717) is 0 Å². The van der Waals surface area contributed by atoms with Crippen molar-refractivity contribution < 1.29 is 0 Å². The van der Waals surface area contributed by atoms with Gasteiger partial charge in [0, 0.05) is 0 Å². The molecule has 0 unspecified atom stereocenters. The maximum Gasteiger partial charge on any atom is -0.0146 e. The molecule has 2 aromatic rings. The van der Waals surface area contributed by atoms with Crippen LogP contribution in [0, 0.1) is 6.07 Å². The molecule has 165 valence electrons. The van der Waals surface area contributed by atoms with Crippen LogP contribution in [0.25, 0.3) is 0 Å². The summed E-state index contributed by atoms with van der Waals surface area (Å²) in [6.07, 6.45) is 23.1. The molecule has 0 nitrogen and oxygen atoms in total. The van der Waals surface area contributed by atoms with Gasteiger partial charge < -0.3 is 0 Å². The fourth-order valence-corrected chi connectivity index (χ4v) is 4.41. The minimum absolute atomic E-state index is 1.22. The normalized spacial score (nSPS) is 11.1. The summed E-state index contributed by atoms with van der Waals surface area (Å²) in [5.41, 5.74) is 4.54. The summed E-state index contributed by atoms with van der Waals surface area (Å²) in [5.74, 6) is 0. The fourth-order valence-electron chi connectivity index (χ4n) is 4.41. The van der Waals surface area contributed by atoms with Crippen molar-refractivity contribution >= 4 is 0 Å². The summed E-state index contributed by atoms with van der Waals surface area (Å²) in [7, 11) is 0. The Hall–Kier alpha value is -1.56. The minimum atomic E-state index is 1.22. The van der Waals surface area contributed by atoms with Crippen LogP contribution in [0.5, 0.6) is 0 Å². The van der Waals surface area contributed by atoms with E-state index in [0.717, 1.165) is 0 Å². The first-order valence-electron chi connectivity index (χ1n) is 12.9. The van der Waals surface area contributed by atoms with Crippen molar-refractivity contribution in [3.63, 3.8) is 0 Å². The molecule has 30 heavy (non-hydrogen) atoms. The minimum Gasteiger partial charge on any atom is -0.0654 e. The third-order valence-corrected chi connectivity index (χ3v) is 6.32. The lowest BCUT2D eigenvalue weighted by Gasteiger charge is -2.09. The highest BCUT2D eigenvalue weighted by Gasteiger charge is 2.03. The molecule has 0 N–H and O–H groups in total. The Bertz CT molecular complexity index is 627. The Kier molecular flexibility index (Phi) is 14.1. The van der Waals surface area contributed by atoms with Crippen molar-refractivity contribution in [2.45, 2.75) is 116 Å². The zero-order chi connectivity index (χ0) is 21.1. The second-order valence-electron chi connectivity index (χ2n) is 9.01. The van der Waals surface area contributed by atoms with Crippen LogP contribution in [0.3, 0.4) is 0 Å². The summed E-state index contributed by atoms with van der Waals surface area (Å²) >= 11 is 0. The summed E-state index contributed by atoms with van der Waals surface area (Å²) < 4.78 is 0. The standard InChI is InChI=1S/C30H45/c1-2-3-4-5-7-11-17-24-29-26-19-20-27-30(29)25-18-12-9-6-8-10-14-21-28-22-15-13-16-23-28/h13,15-16,19-20,22-23,26H,2-12,14,17-18,21,24-25H2,1H3. The molecule has 0 atom stereocenters. The van der Waals surface area contributed by atoms with Crippen molar-refractivity contribution in [2.75, 3.05) is 0 Å². The van der Waals surface area contributed by atoms with Crippen LogP contribution in [0.1, 0.15) is 114 Å². The molecule has 0 aromatic heterocycles. The van der Waals surface area contributed by atoms with Gasteiger partial charge in [0.15, 0.2) is 0 Å². The predicted octanol–water partition coefficient (Wildman–Crippen LogP) is 9.30. The van der Waals surface area contributed by atoms with Gasteiger partial charge in [0.25, 0.3) is 0 Å². The number of unbranched alkanes of at least 4 members (excludes halogenated alkanes) is 12. The summed E-state index contributed by atoms with van der Waals surface area (Å²) in [5, 5.41) is 0. The smallest absolute Gasteiger partial charge is 0.0146 e. The first-order valence-corrected chi connectivity index (χ1v) is 12.9. The molecule has 2 rings (SSSR count). The third kappa shape index (κ3) is 11.6. The number of hydrogen-bond acceptors (Lipinski definition) is 0. The van der Waals surface area contributed by atoms with Gasteiger partial charge in [-0.15, -0.1) is 0 Å². The monoisotopic (exact) mass is 405 g/mol. The largest absolute Gasteiger partial charge is 0.0654 e. The van der Waals surface area contributed by atoms with Gasteiger partial charge >= 0.3 is 0 Å². The van der Waals surface area contributed by atoms with Crippen molar-refractivity contribution in [2.24, 2.45) is 0 Å². The second kappa shape index (κ2) is 17.2. The zero-order valence-corrected chi connectivity index (χ0v) is 19.6.